The highest BCUT2D eigenvalue weighted by Gasteiger charge is 2.30. The van der Waals surface area contributed by atoms with Crippen LogP contribution < -0.4 is 10.2 Å². The van der Waals surface area contributed by atoms with Crippen molar-refractivity contribution in [1.29, 1.82) is 0 Å². The summed E-state index contributed by atoms with van der Waals surface area (Å²) >= 11 is 0. The Balaban J connectivity index is 1.57. The maximum absolute atomic E-state index is 13.0. The molecule has 2 aliphatic rings. The molecule has 1 aliphatic carbocycles. The van der Waals surface area contributed by atoms with E-state index in [0.29, 0.717) is 0 Å². The molecule has 1 saturated carbocycles. The Morgan fingerprint density at radius 2 is 1.65 bits per heavy atom. The molecule has 174 valence electrons. The molecule has 0 bridgehead atoms. The SMILES string of the molecule is CC(C)N(C(C)C)S(=O)(=O)c1ccc(N2CCC(NC(=O)C3CCCCC3)CC2)nc1. The molecule has 8 heteroatoms. The summed E-state index contributed by atoms with van der Waals surface area (Å²) in [5.74, 6) is 1.21. The van der Waals surface area contributed by atoms with E-state index in [1.807, 2.05) is 27.7 Å². The Morgan fingerprint density at radius 1 is 1.03 bits per heavy atom. The zero-order chi connectivity index (χ0) is 22.6. The van der Waals surface area contributed by atoms with Gasteiger partial charge in [-0.1, -0.05) is 19.3 Å². The second kappa shape index (κ2) is 10.3. The average molecular weight is 451 g/mol. The van der Waals surface area contributed by atoms with Gasteiger partial charge in [-0.2, -0.15) is 4.31 Å². The fourth-order valence-corrected chi connectivity index (χ4v) is 6.70. The van der Waals surface area contributed by atoms with Gasteiger partial charge in [-0.3, -0.25) is 4.79 Å². The zero-order valence-electron chi connectivity index (χ0n) is 19.4. The number of rotatable bonds is 7. The van der Waals surface area contributed by atoms with Crippen LogP contribution in [0.25, 0.3) is 0 Å². The van der Waals surface area contributed by atoms with Crippen LogP contribution in [0.5, 0.6) is 0 Å². The van der Waals surface area contributed by atoms with Crippen molar-refractivity contribution in [3.05, 3.63) is 18.3 Å². The van der Waals surface area contributed by atoms with E-state index < -0.39 is 10.0 Å². The van der Waals surface area contributed by atoms with E-state index >= 15 is 0 Å². The molecule has 0 aromatic carbocycles. The molecule has 3 rings (SSSR count). The number of aromatic nitrogens is 1. The summed E-state index contributed by atoms with van der Waals surface area (Å²) in [6.07, 6.45) is 8.87. The maximum atomic E-state index is 13.0. The molecule has 7 nitrogen and oxygen atoms in total. The summed E-state index contributed by atoms with van der Waals surface area (Å²) in [5, 5.41) is 3.25. The van der Waals surface area contributed by atoms with E-state index in [4.69, 9.17) is 0 Å². The minimum atomic E-state index is -3.58. The van der Waals surface area contributed by atoms with Crippen LogP contribution in [-0.2, 0) is 14.8 Å². The molecule has 31 heavy (non-hydrogen) atoms. The van der Waals surface area contributed by atoms with Crippen LogP contribution in [0, 0.1) is 5.92 Å². The molecule has 0 atom stereocenters. The number of amides is 1. The van der Waals surface area contributed by atoms with Gasteiger partial charge in [-0.15, -0.1) is 0 Å². The third kappa shape index (κ3) is 5.77. The van der Waals surface area contributed by atoms with Crippen LogP contribution in [0.2, 0.25) is 0 Å². The van der Waals surface area contributed by atoms with Crippen LogP contribution in [0.15, 0.2) is 23.2 Å². The number of hydrogen-bond acceptors (Lipinski definition) is 5. The highest BCUT2D eigenvalue weighted by molar-refractivity contribution is 7.89. The highest BCUT2D eigenvalue weighted by Crippen LogP contribution is 2.26. The summed E-state index contributed by atoms with van der Waals surface area (Å²) < 4.78 is 27.5. The van der Waals surface area contributed by atoms with Crippen molar-refractivity contribution < 1.29 is 13.2 Å². The van der Waals surface area contributed by atoms with Crippen LogP contribution >= 0.6 is 0 Å². The van der Waals surface area contributed by atoms with Crippen LogP contribution in [0.3, 0.4) is 0 Å². The Labute approximate surface area is 187 Å². The van der Waals surface area contributed by atoms with Gasteiger partial charge in [-0.05, 0) is 65.5 Å². The van der Waals surface area contributed by atoms with Crippen molar-refractivity contribution in [2.75, 3.05) is 18.0 Å². The van der Waals surface area contributed by atoms with Gasteiger partial charge in [0.25, 0.3) is 0 Å². The maximum Gasteiger partial charge on any atom is 0.245 e. The quantitative estimate of drug-likeness (QED) is 0.687. The number of piperidine rings is 1. The van der Waals surface area contributed by atoms with Gasteiger partial charge >= 0.3 is 0 Å². The van der Waals surface area contributed by atoms with Gasteiger partial charge in [0.15, 0.2) is 0 Å². The lowest BCUT2D eigenvalue weighted by molar-refractivity contribution is -0.126. The Bertz CT molecular complexity index is 817. The number of carbonyl (C=O) groups is 1. The predicted octanol–water partition coefficient (Wildman–Crippen LogP) is 3.55. The molecule has 1 amide bonds. The Hall–Kier alpha value is -1.67. The molecule has 1 aromatic rings. The normalized spacial score (nSPS) is 19.4. The van der Waals surface area contributed by atoms with Gasteiger partial charge in [0.1, 0.15) is 10.7 Å². The standard InChI is InChI=1S/C23H38N4O3S/c1-17(2)27(18(3)4)31(29,30)21-10-11-22(24-16-21)26-14-12-20(13-15-26)25-23(28)19-8-6-5-7-9-19/h10-11,16-20H,5-9,12-15H2,1-4H3,(H,25,28). The second-order valence-electron chi connectivity index (χ2n) is 9.48. The van der Waals surface area contributed by atoms with E-state index in [2.05, 4.69) is 15.2 Å². The number of pyridine rings is 1. The molecular weight excluding hydrogens is 412 g/mol. The predicted molar refractivity (Wildman–Crippen MR) is 123 cm³/mol. The van der Waals surface area contributed by atoms with E-state index in [1.54, 1.807) is 12.1 Å². The van der Waals surface area contributed by atoms with Gasteiger partial charge in [-0.25, -0.2) is 13.4 Å². The van der Waals surface area contributed by atoms with E-state index in [1.165, 1.54) is 29.8 Å². The third-order valence-corrected chi connectivity index (χ3v) is 8.69. The van der Waals surface area contributed by atoms with Crippen molar-refractivity contribution in [2.24, 2.45) is 5.92 Å². The van der Waals surface area contributed by atoms with E-state index in [0.717, 1.165) is 44.6 Å². The summed E-state index contributed by atoms with van der Waals surface area (Å²) in [5.41, 5.74) is 0. The monoisotopic (exact) mass is 450 g/mol. The summed E-state index contributed by atoms with van der Waals surface area (Å²) in [4.78, 5) is 19.4. The molecule has 0 radical (unpaired) electrons. The molecule has 1 N–H and O–H groups in total. The molecule has 0 spiro atoms. The van der Waals surface area contributed by atoms with Crippen LogP contribution in [0.1, 0.15) is 72.6 Å². The fourth-order valence-electron chi connectivity index (χ4n) is 4.92. The number of nitrogens with one attached hydrogen (secondary N) is 1. The first kappa shape index (κ1) is 24.0. The van der Waals surface area contributed by atoms with Crippen molar-refractivity contribution in [2.45, 2.75) is 95.7 Å². The first-order valence-electron chi connectivity index (χ1n) is 11.7. The van der Waals surface area contributed by atoms with Crippen molar-refractivity contribution in [1.82, 2.24) is 14.6 Å². The summed E-state index contributed by atoms with van der Waals surface area (Å²) in [6, 6.07) is 3.44. The summed E-state index contributed by atoms with van der Waals surface area (Å²) in [7, 11) is -3.58. The lowest BCUT2D eigenvalue weighted by atomic mass is 9.88. The molecule has 1 aliphatic heterocycles. The lowest BCUT2D eigenvalue weighted by Gasteiger charge is -2.34. The minimum Gasteiger partial charge on any atom is -0.356 e. The molecule has 1 saturated heterocycles. The van der Waals surface area contributed by atoms with Crippen LogP contribution in [-0.4, -0.2) is 54.8 Å². The number of anilines is 1. The van der Waals surface area contributed by atoms with Crippen LogP contribution in [0.4, 0.5) is 5.82 Å². The Kier molecular flexibility index (Phi) is 7.97. The van der Waals surface area contributed by atoms with Gasteiger partial charge in [0.05, 0.1) is 0 Å². The van der Waals surface area contributed by atoms with Crippen molar-refractivity contribution >= 4 is 21.7 Å². The second-order valence-corrected chi connectivity index (χ2v) is 11.3. The topological polar surface area (TPSA) is 82.6 Å². The van der Waals surface area contributed by atoms with Crippen molar-refractivity contribution in [3.63, 3.8) is 0 Å². The molecule has 2 heterocycles. The Morgan fingerprint density at radius 3 is 2.16 bits per heavy atom. The smallest absolute Gasteiger partial charge is 0.245 e. The first-order chi connectivity index (χ1) is 14.7. The number of carbonyl (C=O) groups excluding carboxylic acids is 1. The number of hydrogen-bond donors (Lipinski definition) is 1. The van der Waals surface area contributed by atoms with Crippen molar-refractivity contribution in [3.8, 4) is 0 Å². The number of nitrogens with zero attached hydrogens (tertiary/aromatic N) is 3. The van der Waals surface area contributed by atoms with E-state index in [9.17, 15) is 13.2 Å². The van der Waals surface area contributed by atoms with E-state index in [-0.39, 0.29) is 34.8 Å². The lowest BCUT2D eigenvalue weighted by Crippen LogP contribution is -2.46. The van der Waals surface area contributed by atoms with Gasteiger partial charge in [0, 0.05) is 43.3 Å². The summed E-state index contributed by atoms with van der Waals surface area (Å²) in [6.45, 7) is 9.15. The largest absolute Gasteiger partial charge is 0.356 e. The molecule has 2 fully saturated rings. The minimum absolute atomic E-state index is 0.118. The average Bonchev–Trinajstić information content (AvgIpc) is 2.74. The molecule has 1 aromatic heterocycles. The fraction of sp³-hybridized carbons (Fsp3) is 0.739. The molecular formula is C23H38N4O3S. The highest BCUT2D eigenvalue weighted by atomic mass is 32.2. The number of sulfonamides is 1. The first-order valence-corrected chi connectivity index (χ1v) is 13.2. The third-order valence-electron chi connectivity index (χ3n) is 6.46. The molecule has 0 unspecified atom stereocenters. The zero-order valence-corrected chi connectivity index (χ0v) is 20.2. The van der Waals surface area contributed by atoms with Gasteiger partial charge < -0.3 is 10.2 Å². The van der Waals surface area contributed by atoms with Gasteiger partial charge in [0.2, 0.25) is 15.9 Å².